The first-order chi connectivity index (χ1) is 12.6. The van der Waals surface area contributed by atoms with E-state index in [0.717, 1.165) is 11.8 Å². The summed E-state index contributed by atoms with van der Waals surface area (Å²) in [7, 11) is 0. The molecule has 0 amide bonds. The molecule has 4 aromatic heterocycles. The van der Waals surface area contributed by atoms with Gasteiger partial charge < -0.3 is 5.73 Å². The van der Waals surface area contributed by atoms with Crippen molar-refractivity contribution in [1.82, 2.24) is 30.1 Å². The van der Waals surface area contributed by atoms with Crippen LogP contribution in [0.2, 0.25) is 0 Å². The number of nitriles is 1. The van der Waals surface area contributed by atoms with Crippen LogP contribution in [0.25, 0.3) is 16.9 Å². The summed E-state index contributed by atoms with van der Waals surface area (Å²) in [6.45, 7) is 1.80. The van der Waals surface area contributed by atoms with E-state index in [1.807, 2.05) is 6.07 Å². The van der Waals surface area contributed by atoms with Crippen LogP contribution in [0.3, 0.4) is 0 Å². The largest absolute Gasteiger partial charge is 0.396 e. The van der Waals surface area contributed by atoms with Gasteiger partial charge in [0.05, 0.1) is 18.1 Å². The number of fused-ring (bicyclic) bond motifs is 1. The summed E-state index contributed by atoms with van der Waals surface area (Å²) in [4.78, 5) is 8.64. The number of hydrogen-bond acceptors (Lipinski definition) is 8. The van der Waals surface area contributed by atoms with Gasteiger partial charge in [0.25, 0.3) is 0 Å². The van der Waals surface area contributed by atoms with Gasteiger partial charge in [-0.2, -0.15) is 10.4 Å². The maximum Gasteiger partial charge on any atom is 0.226 e. The van der Waals surface area contributed by atoms with Gasteiger partial charge in [-0.05, 0) is 29.4 Å². The summed E-state index contributed by atoms with van der Waals surface area (Å²) in [6, 6.07) is 5.38. The number of aryl methyl sites for hydroxylation is 1. The Morgan fingerprint density at radius 1 is 1.31 bits per heavy atom. The van der Waals surface area contributed by atoms with E-state index >= 15 is 0 Å². The van der Waals surface area contributed by atoms with E-state index in [-0.39, 0.29) is 5.69 Å². The molecule has 0 spiro atoms. The molecule has 26 heavy (non-hydrogen) atoms. The highest BCUT2D eigenvalue weighted by molar-refractivity contribution is 5.85. The molecule has 0 aliphatic carbocycles. The fraction of sp³-hybridized carbons (Fsp3) is 0.125. The molecule has 10 heteroatoms. The Labute approximate surface area is 145 Å². The number of aromatic nitrogens is 6. The van der Waals surface area contributed by atoms with Crippen LogP contribution in [0, 0.1) is 24.1 Å². The van der Waals surface area contributed by atoms with E-state index in [2.05, 4.69) is 30.0 Å². The summed E-state index contributed by atoms with van der Waals surface area (Å²) in [5, 5.41) is 20.7. The van der Waals surface area contributed by atoms with Crippen LogP contribution in [0.5, 0.6) is 0 Å². The first-order valence-corrected chi connectivity index (χ1v) is 7.54. The van der Waals surface area contributed by atoms with E-state index in [4.69, 9.17) is 5.73 Å². The Morgan fingerprint density at radius 3 is 2.88 bits per heavy atom. The predicted molar refractivity (Wildman–Crippen MR) is 87.6 cm³/mol. The molecular weight excluding hydrogens is 339 g/mol. The smallest absolute Gasteiger partial charge is 0.226 e. The quantitative estimate of drug-likeness (QED) is 0.590. The Hall–Kier alpha value is -3.87. The van der Waals surface area contributed by atoms with Gasteiger partial charge in [-0.1, -0.05) is 0 Å². The van der Waals surface area contributed by atoms with Gasteiger partial charge in [0.1, 0.15) is 11.8 Å². The third kappa shape index (κ3) is 2.51. The first-order valence-electron chi connectivity index (χ1n) is 7.54. The second kappa shape index (κ2) is 5.89. The molecule has 4 heterocycles. The maximum atomic E-state index is 13.2. The minimum absolute atomic E-state index is 0.124. The molecule has 0 aliphatic rings. The molecule has 128 valence electrons. The summed E-state index contributed by atoms with van der Waals surface area (Å²) in [6.07, 6.45) is 2.58. The fourth-order valence-electron chi connectivity index (χ4n) is 2.69. The zero-order valence-corrected chi connectivity index (χ0v) is 13.5. The van der Waals surface area contributed by atoms with Crippen LogP contribution in [0.15, 0.2) is 29.2 Å². The molecule has 4 aromatic rings. The molecule has 0 radical (unpaired) electrons. The lowest BCUT2D eigenvalue weighted by atomic mass is 10.0. The van der Waals surface area contributed by atoms with Gasteiger partial charge in [-0.15, -0.1) is 0 Å². The van der Waals surface area contributed by atoms with Crippen molar-refractivity contribution in [1.29, 1.82) is 5.26 Å². The van der Waals surface area contributed by atoms with Crippen molar-refractivity contribution >= 4 is 16.9 Å². The van der Waals surface area contributed by atoms with Crippen molar-refractivity contribution < 1.29 is 9.02 Å². The minimum atomic E-state index is -0.498. The standard InChI is InChI=1S/C16H11FN8O/c1-8-11(14(19)15-16(21-8)24-26-23-15)4-10-2-3-13(12(5-18)22-10)25-7-9(17)6-20-25/h2-3,6-7H,4,19H2,1H3. The van der Waals surface area contributed by atoms with Crippen molar-refractivity contribution in [3.05, 3.63) is 53.0 Å². The van der Waals surface area contributed by atoms with Gasteiger partial charge in [0, 0.05) is 23.4 Å². The van der Waals surface area contributed by atoms with E-state index in [9.17, 15) is 9.65 Å². The second-order valence-corrected chi connectivity index (χ2v) is 5.59. The average Bonchev–Trinajstić information content (AvgIpc) is 3.27. The Balaban J connectivity index is 1.75. The molecule has 0 bridgehead atoms. The SMILES string of the molecule is Cc1nc2nonc2c(N)c1Cc1ccc(-n2cc(F)cn2)c(C#N)n1. The van der Waals surface area contributed by atoms with E-state index in [0.29, 0.717) is 40.3 Å². The van der Waals surface area contributed by atoms with Crippen molar-refractivity contribution in [2.45, 2.75) is 13.3 Å². The third-order valence-corrected chi connectivity index (χ3v) is 3.96. The zero-order valence-electron chi connectivity index (χ0n) is 13.5. The molecule has 9 nitrogen and oxygen atoms in total. The van der Waals surface area contributed by atoms with Crippen LogP contribution >= 0.6 is 0 Å². The molecule has 4 rings (SSSR count). The van der Waals surface area contributed by atoms with E-state index in [1.165, 1.54) is 10.9 Å². The lowest BCUT2D eigenvalue weighted by Gasteiger charge is -2.10. The predicted octanol–water partition coefficient (Wildman–Crippen LogP) is 1.69. The zero-order chi connectivity index (χ0) is 18.3. The Bertz CT molecular complexity index is 1170. The van der Waals surface area contributed by atoms with E-state index < -0.39 is 5.82 Å². The third-order valence-electron chi connectivity index (χ3n) is 3.96. The topological polar surface area (TPSA) is 132 Å². The second-order valence-electron chi connectivity index (χ2n) is 5.59. The summed E-state index contributed by atoms with van der Waals surface area (Å²) >= 11 is 0. The molecule has 0 fully saturated rings. The van der Waals surface area contributed by atoms with Crippen LogP contribution in [-0.4, -0.2) is 30.1 Å². The van der Waals surface area contributed by atoms with Crippen molar-refractivity contribution in [2.24, 2.45) is 0 Å². The highest BCUT2D eigenvalue weighted by atomic mass is 19.1. The average molecular weight is 350 g/mol. The molecule has 2 N–H and O–H groups in total. The van der Waals surface area contributed by atoms with Gasteiger partial charge >= 0.3 is 0 Å². The van der Waals surface area contributed by atoms with Crippen LogP contribution in [0.4, 0.5) is 10.1 Å². The molecule has 0 aliphatic heterocycles. The van der Waals surface area contributed by atoms with E-state index in [1.54, 1.807) is 19.1 Å². The van der Waals surface area contributed by atoms with Gasteiger partial charge in [0.15, 0.2) is 17.0 Å². The highest BCUT2D eigenvalue weighted by Crippen LogP contribution is 2.25. The molecule has 0 saturated carbocycles. The monoisotopic (exact) mass is 350 g/mol. The van der Waals surface area contributed by atoms with Crippen molar-refractivity contribution in [3.8, 4) is 11.8 Å². The minimum Gasteiger partial charge on any atom is -0.396 e. The number of anilines is 1. The molecule has 0 saturated heterocycles. The summed E-state index contributed by atoms with van der Waals surface area (Å²) in [5.41, 5.74) is 9.80. The Kier molecular flexibility index (Phi) is 3.54. The van der Waals surface area contributed by atoms with Crippen LogP contribution in [-0.2, 0) is 6.42 Å². The van der Waals surface area contributed by atoms with Crippen molar-refractivity contribution in [3.63, 3.8) is 0 Å². The fourth-order valence-corrected chi connectivity index (χ4v) is 2.69. The van der Waals surface area contributed by atoms with Crippen LogP contribution < -0.4 is 5.73 Å². The number of nitrogens with zero attached hydrogens (tertiary/aromatic N) is 7. The number of rotatable bonds is 3. The Morgan fingerprint density at radius 2 is 2.15 bits per heavy atom. The lowest BCUT2D eigenvalue weighted by Crippen LogP contribution is -2.06. The van der Waals surface area contributed by atoms with Gasteiger partial charge in [-0.25, -0.2) is 23.7 Å². The number of hydrogen-bond donors (Lipinski definition) is 1. The first kappa shape index (κ1) is 15.6. The normalized spacial score (nSPS) is 11.0. The van der Waals surface area contributed by atoms with Crippen molar-refractivity contribution in [2.75, 3.05) is 5.73 Å². The lowest BCUT2D eigenvalue weighted by molar-refractivity contribution is 0.315. The number of halogens is 1. The van der Waals surface area contributed by atoms with Gasteiger partial charge in [-0.3, -0.25) is 0 Å². The molecule has 0 aromatic carbocycles. The molecule has 0 unspecified atom stereocenters. The number of nitrogens with two attached hydrogens (primary N) is 1. The molecular formula is C16H11FN8O. The summed E-state index contributed by atoms with van der Waals surface area (Å²) in [5.74, 6) is -0.498. The van der Waals surface area contributed by atoms with Crippen LogP contribution in [0.1, 0.15) is 22.6 Å². The molecule has 0 atom stereocenters. The maximum absolute atomic E-state index is 13.2. The number of nitrogen functional groups attached to an aromatic ring is 1. The number of pyridine rings is 2. The summed E-state index contributed by atoms with van der Waals surface area (Å²) < 4.78 is 19.1. The van der Waals surface area contributed by atoms with Gasteiger partial charge in [0.2, 0.25) is 5.65 Å². The highest BCUT2D eigenvalue weighted by Gasteiger charge is 2.16.